The third-order valence-electron chi connectivity index (χ3n) is 3.61. The maximum Gasteiger partial charge on any atom is 0.195 e. The Morgan fingerprint density at radius 3 is 2.89 bits per heavy atom. The quantitative estimate of drug-likeness (QED) is 0.843. The average Bonchev–Trinajstić information content (AvgIpc) is 3.04. The molecule has 94 valence electrons. The first-order valence-corrected chi connectivity index (χ1v) is 6.94. The Labute approximate surface area is 112 Å². The van der Waals surface area contributed by atoms with Gasteiger partial charge in [0.15, 0.2) is 10.6 Å². The summed E-state index contributed by atoms with van der Waals surface area (Å²) in [5.74, 6) is 1.76. The Kier molecular flexibility index (Phi) is 3.04. The molecule has 1 aromatic heterocycles. The first kappa shape index (κ1) is 11.7. The van der Waals surface area contributed by atoms with Crippen molar-refractivity contribution in [1.29, 1.82) is 0 Å². The molecule has 0 saturated heterocycles. The van der Waals surface area contributed by atoms with Gasteiger partial charge < -0.3 is 0 Å². The molecule has 0 aliphatic heterocycles. The van der Waals surface area contributed by atoms with Crippen LogP contribution in [0.5, 0.6) is 0 Å². The number of H-pyrrole nitrogens is 1. The van der Waals surface area contributed by atoms with E-state index in [2.05, 4.69) is 33.8 Å². The van der Waals surface area contributed by atoms with Crippen LogP contribution in [0.4, 0.5) is 0 Å². The highest BCUT2D eigenvalue weighted by Gasteiger charge is 2.39. The summed E-state index contributed by atoms with van der Waals surface area (Å²) in [7, 11) is 0. The lowest BCUT2D eigenvalue weighted by Crippen LogP contribution is -1.99. The summed E-state index contributed by atoms with van der Waals surface area (Å²) in [5, 5.41) is 7.32. The summed E-state index contributed by atoms with van der Waals surface area (Å²) >= 11 is 5.37. The van der Waals surface area contributed by atoms with Gasteiger partial charge in [0.2, 0.25) is 0 Å². The van der Waals surface area contributed by atoms with Crippen molar-refractivity contribution >= 4 is 12.2 Å². The molecule has 3 nitrogen and oxygen atoms in total. The molecular formula is C14H17N3S. The van der Waals surface area contributed by atoms with E-state index in [1.807, 2.05) is 18.2 Å². The van der Waals surface area contributed by atoms with E-state index in [4.69, 9.17) is 12.2 Å². The number of aromatic nitrogens is 3. The maximum atomic E-state index is 5.37. The van der Waals surface area contributed by atoms with Gasteiger partial charge in [0.25, 0.3) is 0 Å². The Hall–Kier alpha value is -1.42. The number of hydrogen-bond donors (Lipinski definition) is 1. The zero-order valence-electron chi connectivity index (χ0n) is 10.5. The summed E-state index contributed by atoms with van der Waals surface area (Å²) in [6.45, 7) is 2.24. The summed E-state index contributed by atoms with van der Waals surface area (Å²) in [4.78, 5) is 0. The number of aromatic amines is 1. The zero-order chi connectivity index (χ0) is 12.5. The molecule has 1 saturated carbocycles. The van der Waals surface area contributed by atoms with Crippen LogP contribution < -0.4 is 0 Å². The second-order valence-corrected chi connectivity index (χ2v) is 5.33. The van der Waals surface area contributed by atoms with Crippen molar-refractivity contribution in [3.63, 3.8) is 0 Å². The van der Waals surface area contributed by atoms with Crippen LogP contribution in [0.1, 0.15) is 32.2 Å². The Morgan fingerprint density at radius 1 is 1.39 bits per heavy atom. The van der Waals surface area contributed by atoms with Crippen molar-refractivity contribution in [3.8, 4) is 11.4 Å². The van der Waals surface area contributed by atoms with E-state index in [-0.39, 0.29) is 0 Å². The Balaban J connectivity index is 1.96. The lowest BCUT2D eigenvalue weighted by atomic mass is 10.2. The smallest absolute Gasteiger partial charge is 0.195 e. The fourth-order valence-corrected chi connectivity index (χ4v) is 2.90. The normalized spacial score (nSPS) is 22.1. The molecule has 1 aromatic carbocycles. The van der Waals surface area contributed by atoms with Crippen LogP contribution in [0.15, 0.2) is 30.3 Å². The SMILES string of the molecule is CCCC1CC1n1c(-c2ccccc2)n[nH]c1=S. The van der Waals surface area contributed by atoms with Crippen molar-refractivity contribution in [2.45, 2.75) is 32.2 Å². The summed E-state index contributed by atoms with van der Waals surface area (Å²) < 4.78 is 2.95. The molecule has 0 bridgehead atoms. The number of nitrogens with zero attached hydrogens (tertiary/aromatic N) is 2. The van der Waals surface area contributed by atoms with Gasteiger partial charge in [-0.2, -0.15) is 5.10 Å². The molecule has 2 atom stereocenters. The van der Waals surface area contributed by atoms with Crippen molar-refractivity contribution in [1.82, 2.24) is 14.8 Å². The number of benzene rings is 1. The van der Waals surface area contributed by atoms with Gasteiger partial charge in [0, 0.05) is 11.6 Å². The number of hydrogen-bond acceptors (Lipinski definition) is 2. The van der Waals surface area contributed by atoms with Gasteiger partial charge in [-0.15, -0.1) is 0 Å². The Bertz CT molecular complexity index is 585. The van der Waals surface area contributed by atoms with Gasteiger partial charge in [-0.05, 0) is 31.0 Å². The molecule has 2 aromatic rings. The molecule has 3 rings (SSSR count). The van der Waals surface area contributed by atoms with E-state index < -0.39 is 0 Å². The molecular weight excluding hydrogens is 242 g/mol. The summed E-state index contributed by atoms with van der Waals surface area (Å²) in [6.07, 6.45) is 3.76. The predicted molar refractivity (Wildman–Crippen MR) is 74.9 cm³/mol. The largest absolute Gasteiger partial charge is 0.297 e. The zero-order valence-corrected chi connectivity index (χ0v) is 11.3. The molecule has 1 N–H and O–H groups in total. The Morgan fingerprint density at radius 2 is 2.17 bits per heavy atom. The molecule has 4 heteroatoms. The van der Waals surface area contributed by atoms with Gasteiger partial charge >= 0.3 is 0 Å². The van der Waals surface area contributed by atoms with Crippen LogP contribution in [0.2, 0.25) is 0 Å². The predicted octanol–water partition coefficient (Wildman–Crippen LogP) is 3.97. The maximum absolute atomic E-state index is 5.37. The molecule has 18 heavy (non-hydrogen) atoms. The van der Waals surface area contributed by atoms with Crippen LogP contribution in [0.25, 0.3) is 11.4 Å². The standard InChI is InChI=1S/C14H17N3S/c1-2-6-11-9-12(11)17-13(15-16-14(17)18)10-7-4-3-5-8-10/h3-5,7-8,11-12H,2,6,9H2,1H3,(H,16,18). The van der Waals surface area contributed by atoms with Crippen molar-refractivity contribution in [2.24, 2.45) is 5.92 Å². The molecule has 0 radical (unpaired) electrons. The second-order valence-electron chi connectivity index (χ2n) is 4.94. The number of rotatable bonds is 4. The third kappa shape index (κ3) is 2.01. The van der Waals surface area contributed by atoms with Crippen LogP contribution in [0.3, 0.4) is 0 Å². The van der Waals surface area contributed by atoms with E-state index in [1.54, 1.807) is 0 Å². The van der Waals surface area contributed by atoms with E-state index in [0.717, 1.165) is 22.1 Å². The minimum atomic E-state index is 0.548. The third-order valence-corrected chi connectivity index (χ3v) is 3.90. The van der Waals surface area contributed by atoms with Gasteiger partial charge in [0.1, 0.15) is 0 Å². The van der Waals surface area contributed by atoms with Crippen LogP contribution in [-0.2, 0) is 0 Å². The molecule has 0 amide bonds. The first-order chi connectivity index (χ1) is 8.81. The second kappa shape index (κ2) is 4.69. The van der Waals surface area contributed by atoms with Gasteiger partial charge in [0.05, 0.1) is 0 Å². The fourth-order valence-electron chi connectivity index (χ4n) is 2.63. The van der Waals surface area contributed by atoms with Crippen LogP contribution in [0, 0.1) is 10.7 Å². The monoisotopic (exact) mass is 259 g/mol. The van der Waals surface area contributed by atoms with Crippen LogP contribution >= 0.6 is 12.2 Å². The topological polar surface area (TPSA) is 33.6 Å². The van der Waals surface area contributed by atoms with E-state index in [9.17, 15) is 0 Å². The molecule has 1 fully saturated rings. The van der Waals surface area contributed by atoms with Crippen molar-refractivity contribution in [2.75, 3.05) is 0 Å². The van der Waals surface area contributed by atoms with Gasteiger partial charge in [-0.25, -0.2) is 0 Å². The van der Waals surface area contributed by atoms with Gasteiger partial charge in [-0.3, -0.25) is 9.67 Å². The highest BCUT2D eigenvalue weighted by atomic mass is 32.1. The lowest BCUT2D eigenvalue weighted by molar-refractivity contribution is 0.606. The van der Waals surface area contributed by atoms with E-state index in [0.29, 0.717) is 6.04 Å². The average molecular weight is 259 g/mol. The van der Waals surface area contributed by atoms with Gasteiger partial charge in [-0.1, -0.05) is 43.7 Å². The van der Waals surface area contributed by atoms with Crippen molar-refractivity contribution < 1.29 is 0 Å². The molecule has 0 spiro atoms. The summed E-state index contributed by atoms with van der Waals surface area (Å²) in [5.41, 5.74) is 1.13. The van der Waals surface area contributed by atoms with Crippen molar-refractivity contribution in [3.05, 3.63) is 35.1 Å². The molecule has 1 aliphatic carbocycles. The highest BCUT2D eigenvalue weighted by Crippen LogP contribution is 2.47. The van der Waals surface area contributed by atoms with Crippen LogP contribution in [-0.4, -0.2) is 14.8 Å². The highest BCUT2D eigenvalue weighted by molar-refractivity contribution is 7.71. The minimum absolute atomic E-state index is 0.548. The lowest BCUT2D eigenvalue weighted by Gasteiger charge is -2.06. The molecule has 2 unspecified atom stereocenters. The van der Waals surface area contributed by atoms with E-state index in [1.165, 1.54) is 19.3 Å². The summed E-state index contributed by atoms with van der Waals surface area (Å²) in [6, 6.07) is 10.8. The molecule has 1 heterocycles. The molecule has 1 aliphatic rings. The number of nitrogens with one attached hydrogen (secondary N) is 1. The fraction of sp³-hybridized carbons (Fsp3) is 0.429. The minimum Gasteiger partial charge on any atom is -0.297 e. The first-order valence-electron chi connectivity index (χ1n) is 6.53. The van der Waals surface area contributed by atoms with E-state index >= 15 is 0 Å².